The lowest BCUT2D eigenvalue weighted by atomic mass is 10.2. The van der Waals surface area contributed by atoms with Gasteiger partial charge < -0.3 is 13.9 Å². The second kappa shape index (κ2) is 6.01. The van der Waals surface area contributed by atoms with E-state index in [0.29, 0.717) is 11.3 Å². The first-order valence-corrected chi connectivity index (χ1v) is 8.88. The fraction of sp³-hybridized carbons (Fsp3) is 0.250. The third-order valence-electron chi connectivity index (χ3n) is 3.78. The Morgan fingerprint density at radius 2 is 2.00 bits per heavy atom. The normalized spacial score (nSPS) is 13.2. The van der Waals surface area contributed by atoms with E-state index in [4.69, 9.17) is 8.83 Å². The summed E-state index contributed by atoms with van der Waals surface area (Å²) in [6.07, 6.45) is 3.18. The fourth-order valence-electron chi connectivity index (χ4n) is 2.70. The Bertz CT molecular complexity index is 1030. The van der Waals surface area contributed by atoms with E-state index < -0.39 is 22.0 Å². The zero-order valence-electron chi connectivity index (χ0n) is 13.7. The first-order chi connectivity index (χ1) is 11.7. The lowest BCUT2D eigenvalue weighted by Gasteiger charge is -2.12. The van der Waals surface area contributed by atoms with Gasteiger partial charge in [-0.3, -0.25) is 4.98 Å². The van der Waals surface area contributed by atoms with Crippen LogP contribution in [0.4, 0.5) is 0 Å². The number of hydrogen-bond donors (Lipinski definition) is 2. The number of aryl methyl sites for hydroxylation is 2. The van der Waals surface area contributed by atoms with E-state index >= 15 is 0 Å². The highest BCUT2D eigenvalue weighted by atomic mass is 32.2. The summed E-state index contributed by atoms with van der Waals surface area (Å²) in [5.41, 5.74) is 0.212. The van der Waals surface area contributed by atoms with E-state index in [1.807, 2.05) is 0 Å². The van der Waals surface area contributed by atoms with Crippen molar-refractivity contribution in [3.05, 3.63) is 47.4 Å². The van der Waals surface area contributed by atoms with Gasteiger partial charge in [-0.15, -0.1) is 0 Å². The van der Waals surface area contributed by atoms with Crippen molar-refractivity contribution in [2.45, 2.75) is 31.7 Å². The molecule has 25 heavy (non-hydrogen) atoms. The third kappa shape index (κ3) is 3.03. The van der Waals surface area contributed by atoms with Crippen LogP contribution in [0.3, 0.4) is 0 Å². The molecule has 0 radical (unpaired) electrons. The number of carboxylic acids is 1. The van der Waals surface area contributed by atoms with Gasteiger partial charge in [-0.2, -0.15) is 0 Å². The summed E-state index contributed by atoms with van der Waals surface area (Å²) < 4.78 is 38.7. The molecule has 1 atom stereocenters. The Hall–Kier alpha value is -2.65. The van der Waals surface area contributed by atoms with E-state index in [0.717, 1.165) is 5.39 Å². The molecule has 0 aliphatic carbocycles. The summed E-state index contributed by atoms with van der Waals surface area (Å²) in [5.74, 6) is -0.922. The second-order valence-electron chi connectivity index (χ2n) is 5.63. The molecule has 3 aromatic heterocycles. The molecule has 0 aromatic carbocycles. The molecule has 0 spiro atoms. The Morgan fingerprint density at radius 1 is 1.28 bits per heavy atom. The maximum atomic E-state index is 12.7. The Labute approximate surface area is 143 Å². The second-order valence-corrected chi connectivity index (χ2v) is 7.28. The van der Waals surface area contributed by atoms with Gasteiger partial charge in [0.1, 0.15) is 33.3 Å². The molecule has 3 aromatic rings. The molecule has 132 valence electrons. The highest BCUT2D eigenvalue weighted by Crippen LogP contribution is 2.29. The van der Waals surface area contributed by atoms with Crippen LogP contribution in [0.1, 0.15) is 40.6 Å². The van der Waals surface area contributed by atoms with Crippen molar-refractivity contribution < 1.29 is 27.2 Å². The molecule has 0 saturated carbocycles. The number of nitrogens with zero attached hydrogens (tertiary/aromatic N) is 1. The van der Waals surface area contributed by atoms with Crippen LogP contribution in [0.15, 0.2) is 38.3 Å². The summed E-state index contributed by atoms with van der Waals surface area (Å²) in [6, 6.07) is 2.64. The minimum absolute atomic E-state index is 0.0170. The molecule has 3 rings (SSSR count). The topological polar surface area (TPSA) is 123 Å². The van der Waals surface area contributed by atoms with E-state index in [1.54, 1.807) is 31.5 Å². The van der Waals surface area contributed by atoms with Crippen LogP contribution in [0.25, 0.3) is 11.0 Å². The first kappa shape index (κ1) is 17.2. The lowest BCUT2D eigenvalue weighted by Crippen LogP contribution is -2.28. The standard InChI is InChI=1S/C16H16N2O6S/c1-8(13-6-11-7-17-5-4-12(11)24-13)18-25(21,22)15-10(3)23-9(2)14(15)16(19)20/h4-8,18H,1-3H3,(H,19,20). The van der Waals surface area contributed by atoms with Gasteiger partial charge in [0.25, 0.3) is 0 Å². The van der Waals surface area contributed by atoms with E-state index in [1.165, 1.54) is 13.8 Å². The van der Waals surface area contributed by atoms with E-state index in [2.05, 4.69) is 9.71 Å². The predicted molar refractivity (Wildman–Crippen MR) is 87.9 cm³/mol. The van der Waals surface area contributed by atoms with E-state index in [9.17, 15) is 18.3 Å². The number of nitrogens with one attached hydrogen (secondary N) is 1. The molecular formula is C16H16N2O6S. The number of carbonyl (C=O) groups is 1. The van der Waals surface area contributed by atoms with Crippen LogP contribution in [-0.2, 0) is 10.0 Å². The Morgan fingerprint density at radius 3 is 2.64 bits per heavy atom. The molecule has 3 heterocycles. The number of fused-ring (bicyclic) bond motifs is 1. The zero-order chi connectivity index (χ0) is 18.4. The quantitative estimate of drug-likeness (QED) is 0.713. The van der Waals surface area contributed by atoms with Crippen molar-refractivity contribution in [3.8, 4) is 0 Å². The maximum Gasteiger partial charge on any atom is 0.340 e. The highest BCUT2D eigenvalue weighted by Gasteiger charge is 2.32. The Kier molecular flexibility index (Phi) is 4.13. The average Bonchev–Trinajstić information content (AvgIpc) is 3.07. The van der Waals surface area contributed by atoms with Gasteiger partial charge in [0.05, 0.1) is 6.04 Å². The lowest BCUT2D eigenvalue weighted by molar-refractivity contribution is 0.0691. The number of aromatic carboxylic acids is 1. The monoisotopic (exact) mass is 364 g/mol. The summed E-state index contributed by atoms with van der Waals surface area (Å²) >= 11 is 0. The van der Waals surface area contributed by atoms with Crippen LogP contribution < -0.4 is 4.72 Å². The largest absolute Gasteiger partial charge is 0.478 e. The van der Waals surface area contributed by atoms with Gasteiger partial charge >= 0.3 is 5.97 Å². The minimum atomic E-state index is -4.13. The molecule has 0 amide bonds. The minimum Gasteiger partial charge on any atom is -0.478 e. The summed E-state index contributed by atoms with van der Waals surface area (Å²) in [7, 11) is -4.13. The third-order valence-corrected chi connectivity index (χ3v) is 5.47. The van der Waals surface area contributed by atoms with Gasteiger partial charge in [0.15, 0.2) is 0 Å². The van der Waals surface area contributed by atoms with Crippen LogP contribution in [-0.4, -0.2) is 24.5 Å². The van der Waals surface area contributed by atoms with Crippen LogP contribution in [0, 0.1) is 13.8 Å². The summed E-state index contributed by atoms with van der Waals surface area (Å²) in [6.45, 7) is 4.42. The molecule has 0 bridgehead atoms. The molecule has 9 heteroatoms. The molecule has 1 unspecified atom stereocenters. The van der Waals surface area contributed by atoms with Crippen LogP contribution in [0.2, 0.25) is 0 Å². The predicted octanol–water partition coefficient (Wildman–Crippen LogP) is 2.78. The maximum absolute atomic E-state index is 12.7. The number of aromatic nitrogens is 1. The smallest absolute Gasteiger partial charge is 0.340 e. The van der Waals surface area contributed by atoms with Crippen molar-refractivity contribution in [1.29, 1.82) is 0 Å². The number of carboxylic acid groups (broad SMARTS) is 1. The number of hydrogen-bond acceptors (Lipinski definition) is 6. The van der Waals surface area contributed by atoms with Crippen molar-refractivity contribution >= 4 is 27.0 Å². The molecule has 0 aliphatic heterocycles. The van der Waals surface area contributed by atoms with Crippen molar-refractivity contribution in [3.63, 3.8) is 0 Å². The molecular weight excluding hydrogens is 348 g/mol. The van der Waals surface area contributed by atoms with Crippen LogP contribution >= 0.6 is 0 Å². The molecule has 8 nitrogen and oxygen atoms in total. The van der Waals surface area contributed by atoms with Gasteiger partial charge in [-0.25, -0.2) is 17.9 Å². The Balaban J connectivity index is 1.98. The molecule has 0 aliphatic rings. The van der Waals surface area contributed by atoms with E-state index in [-0.39, 0.29) is 22.0 Å². The van der Waals surface area contributed by atoms with Gasteiger partial charge in [-0.1, -0.05) is 0 Å². The first-order valence-electron chi connectivity index (χ1n) is 7.39. The number of pyridine rings is 1. The number of furan rings is 2. The average molecular weight is 364 g/mol. The van der Waals surface area contributed by atoms with Gasteiger partial charge in [0.2, 0.25) is 10.0 Å². The van der Waals surface area contributed by atoms with Crippen molar-refractivity contribution in [2.24, 2.45) is 0 Å². The van der Waals surface area contributed by atoms with Crippen LogP contribution in [0.5, 0.6) is 0 Å². The number of sulfonamides is 1. The zero-order valence-corrected chi connectivity index (χ0v) is 14.5. The molecule has 2 N–H and O–H groups in total. The number of rotatable bonds is 5. The highest BCUT2D eigenvalue weighted by molar-refractivity contribution is 7.89. The van der Waals surface area contributed by atoms with Gasteiger partial charge in [0, 0.05) is 17.8 Å². The molecule has 0 saturated heterocycles. The fourth-order valence-corrected chi connectivity index (χ4v) is 4.32. The summed E-state index contributed by atoms with van der Waals surface area (Å²) in [4.78, 5) is 15.0. The van der Waals surface area contributed by atoms with Crippen molar-refractivity contribution in [2.75, 3.05) is 0 Å². The molecule has 0 fully saturated rings. The SMILES string of the molecule is Cc1oc(C)c(S(=O)(=O)NC(C)c2cc3cnccc3o2)c1C(=O)O. The van der Waals surface area contributed by atoms with Gasteiger partial charge in [-0.05, 0) is 32.9 Å². The van der Waals surface area contributed by atoms with Crippen molar-refractivity contribution in [1.82, 2.24) is 9.71 Å². The summed E-state index contributed by atoms with van der Waals surface area (Å²) in [5, 5.41) is 10.0.